The summed E-state index contributed by atoms with van der Waals surface area (Å²) < 4.78 is 6.60. The Bertz CT molecular complexity index is 876. The van der Waals surface area contributed by atoms with Crippen LogP contribution in [-0.4, -0.2) is 22.1 Å². The minimum atomic E-state index is -0.610. The number of hydrogen-bond acceptors (Lipinski definition) is 5. The molecule has 0 amide bonds. The highest BCUT2D eigenvalue weighted by molar-refractivity contribution is 7.18. The fourth-order valence-corrected chi connectivity index (χ4v) is 5.11. The molecule has 1 aliphatic carbocycles. The first-order valence-electron chi connectivity index (χ1n) is 9.45. The van der Waals surface area contributed by atoms with Gasteiger partial charge in [0.25, 0.3) is 5.56 Å². The highest BCUT2D eigenvalue weighted by atomic mass is 32.1. The third-order valence-corrected chi connectivity index (χ3v) is 6.66. The molecule has 2 unspecified atom stereocenters. The maximum atomic E-state index is 13.2. The first-order valence-corrected chi connectivity index (χ1v) is 10.3. The lowest BCUT2D eigenvalue weighted by molar-refractivity contribution is -0.147. The lowest BCUT2D eigenvalue weighted by Crippen LogP contribution is -2.31. The molecule has 3 rings (SSSR count). The Morgan fingerprint density at radius 2 is 2.15 bits per heavy atom. The standard InChI is InChI=1S/C20H28N2O3S/c1-6-14(19(24)25-7-2)22-11-21-17-16(18(22)23)13-9-8-12(20(3,4)5)10-15(13)26-17/h11-12,14H,6-10H2,1-5H3. The predicted molar refractivity (Wildman–Crippen MR) is 105 cm³/mol. The molecule has 5 nitrogen and oxygen atoms in total. The highest BCUT2D eigenvalue weighted by Gasteiger charge is 2.32. The number of esters is 1. The Labute approximate surface area is 158 Å². The van der Waals surface area contributed by atoms with E-state index < -0.39 is 6.04 Å². The molecule has 0 saturated heterocycles. The normalized spacial score (nSPS) is 18.6. The van der Waals surface area contributed by atoms with Crippen LogP contribution in [0.15, 0.2) is 11.1 Å². The number of carbonyl (C=O) groups is 1. The van der Waals surface area contributed by atoms with Crippen LogP contribution in [0.3, 0.4) is 0 Å². The fraction of sp³-hybridized carbons (Fsp3) is 0.650. The summed E-state index contributed by atoms with van der Waals surface area (Å²) in [6.45, 7) is 10.8. The number of aromatic nitrogens is 2. The van der Waals surface area contributed by atoms with Crippen molar-refractivity contribution >= 4 is 27.5 Å². The number of ether oxygens (including phenoxy) is 1. The molecule has 0 N–H and O–H groups in total. The molecule has 1 aliphatic rings. The second-order valence-electron chi connectivity index (χ2n) is 8.12. The molecule has 2 aromatic heterocycles. The molecule has 0 aliphatic heterocycles. The van der Waals surface area contributed by atoms with E-state index in [1.54, 1.807) is 18.3 Å². The summed E-state index contributed by atoms with van der Waals surface area (Å²) in [4.78, 5) is 32.0. The second-order valence-corrected chi connectivity index (χ2v) is 9.21. The maximum absolute atomic E-state index is 13.2. The van der Waals surface area contributed by atoms with Crippen molar-refractivity contribution in [3.8, 4) is 0 Å². The van der Waals surface area contributed by atoms with Gasteiger partial charge < -0.3 is 4.74 Å². The zero-order valence-electron chi connectivity index (χ0n) is 16.3. The number of hydrogen-bond donors (Lipinski definition) is 0. The lowest BCUT2D eigenvalue weighted by Gasteiger charge is -2.33. The molecule has 0 aromatic carbocycles. The fourth-order valence-electron chi connectivity index (χ4n) is 3.86. The molecule has 6 heteroatoms. The molecule has 2 atom stereocenters. The van der Waals surface area contributed by atoms with Crippen molar-refractivity contribution in [2.75, 3.05) is 6.61 Å². The Morgan fingerprint density at radius 3 is 2.77 bits per heavy atom. The minimum Gasteiger partial charge on any atom is -0.464 e. The van der Waals surface area contributed by atoms with E-state index in [2.05, 4.69) is 25.8 Å². The summed E-state index contributed by atoms with van der Waals surface area (Å²) >= 11 is 1.64. The van der Waals surface area contributed by atoms with E-state index in [4.69, 9.17) is 4.74 Å². The van der Waals surface area contributed by atoms with Gasteiger partial charge in [-0.25, -0.2) is 9.78 Å². The molecule has 0 saturated carbocycles. The second kappa shape index (κ2) is 7.14. The Hall–Kier alpha value is -1.69. The SMILES string of the molecule is CCOC(=O)C(CC)n1cnc2sc3c(c2c1=O)CCC(C(C)(C)C)C3. The first-order chi connectivity index (χ1) is 12.3. The average Bonchev–Trinajstić information content (AvgIpc) is 2.95. The van der Waals surface area contributed by atoms with Gasteiger partial charge >= 0.3 is 5.97 Å². The summed E-state index contributed by atoms with van der Waals surface area (Å²) in [5.41, 5.74) is 1.30. The molecule has 0 radical (unpaired) electrons. The monoisotopic (exact) mass is 376 g/mol. The van der Waals surface area contributed by atoms with Gasteiger partial charge in [-0.3, -0.25) is 9.36 Å². The quantitative estimate of drug-likeness (QED) is 0.753. The van der Waals surface area contributed by atoms with Gasteiger partial charge in [-0.05, 0) is 49.5 Å². The summed E-state index contributed by atoms with van der Waals surface area (Å²) in [6.07, 6.45) is 5.03. The predicted octanol–water partition coefficient (Wildman–Crippen LogP) is 4.12. The molecule has 2 aromatic rings. The van der Waals surface area contributed by atoms with Gasteiger partial charge in [0.1, 0.15) is 10.9 Å². The molecule has 0 bridgehead atoms. The van der Waals surface area contributed by atoms with Gasteiger partial charge in [0.2, 0.25) is 0 Å². The summed E-state index contributed by atoms with van der Waals surface area (Å²) in [6, 6.07) is -0.610. The number of fused-ring (bicyclic) bond motifs is 3. The van der Waals surface area contributed by atoms with Gasteiger partial charge in [-0.2, -0.15) is 0 Å². The molecule has 0 fully saturated rings. The van der Waals surface area contributed by atoms with Crippen molar-refractivity contribution in [1.82, 2.24) is 9.55 Å². The largest absolute Gasteiger partial charge is 0.464 e. The van der Waals surface area contributed by atoms with Gasteiger partial charge in [-0.15, -0.1) is 11.3 Å². The van der Waals surface area contributed by atoms with Crippen LogP contribution >= 0.6 is 11.3 Å². The van der Waals surface area contributed by atoms with E-state index in [9.17, 15) is 9.59 Å². The Kier molecular flexibility index (Phi) is 5.24. The lowest BCUT2D eigenvalue weighted by atomic mass is 9.72. The molecule has 0 spiro atoms. The summed E-state index contributed by atoms with van der Waals surface area (Å²) in [5.74, 6) is 0.253. The van der Waals surface area contributed by atoms with Crippen LogP contribution in [-0.2, 0) is 22.4 Å². The van der Waals surface area contributed by atoms with E-state index in [-0.39, 0.29) is 16.9 Å². The van der Waals surface area contributed by atoms with Crippen LogP contribution in [0, 0.1) is 11.3 Å². The van der Waals surface area contributed by atoms with Gasteiger partial charge in [0.05, 0.1) is 18.3 Å². The van der Waals surface area contributed by atoms with Crippen molar-refractivity contribution in [3.63, 3.8) is 0 Å². The van der Waals surface area contributed by atoms with E-state index in [0.717, 1.165) is 29.7 Å². The smallest absolute Gasteiger partial charge is 0.329 e. The number of aryl methyl sites for hydroxylation is 1. The van der Waals surface area contributed by atoms with E-state index in [1.165, 1.54) is 15.8 Å². The number of nitrogens with zero attached hydrogens (tertiary/aromatic N) is 2. The third-order valence-electron chi connectivity index (χ3n) is 5.50. The van der Waals surface area contributed by atoms with Crippen LogP contribution in [0.25, 0.3) is 10.2 Å². The van der Waals surface area contributed by atoms with Crippen LogP contribution in [0.5, 0.6) is 0 Å². The van der Waals surface area contributed by atoms with Crippen molar-refractivity contribution < 1.29 is 9.53 Å². The maximum Gasteiger partial charge on any atom is 0.329 e. The van der Waals surface area contributed by atoms with Crippen LogP contribution in [0.2, 0.25) is 0 Å². The molecule has 142 valence electrons. The number of thiophene rings is 1. The van der Waals surface area contributed by atoms with Gasteiger partial charge in [0.15, 0.2) is 0 Å². The average molecular weight is 377 g/mol. The zero-order valence-corrected chi connectivity index (χ0v) is 17.1. The molecule has 26 heavy (non-hydrogen) atoms. The molecular weight excluding hydrogens is 348 g/mol. The number of carbonyl (C=O) groups excluding carboxylic acids is 1. The first kappa shape index (κ1) is 19.1. The topological polar surface area (TPSA) is 61.2 Å². The Morgan fingerprint density at radius 1 is 1.42 bits per heavy atom. The molecule has 2 heterocycles. The van der Waals surface area contributed by atoms with Crippen LogP contribution in [0.1, 0.15) is 63.9 Å². The van der Waals surface area contributed by atoms with Gasteiger partial charge in [-0.1, -0.05) is 27.7 Å². The van der Waals surface area contributed by atoms with E-state index >= 15 is 0 Å². The molecular formula is C20H28N2O3S. The summed E-state index contributed by atoms with van der Waals surface area (Å²) in [5, 5.41) is 0.711. The van der Waals surface area contributed by atoms with E-state index in [0.29, 0.717) is 24.3 Å². The Balaban J connectivity index is 2.06. The summed E-state index contributed by atoms with van der Waals surface area (Å²) in [7, 11) is 0. The highest BCUT2D eigenvalue weighted by Crippen LogP contribution is 2.42. The zero-order chi connectivity index (χ0) is 19.1. The van der Waals surface area contributed by atoms with Crippen molar-refractivity contribution in [1.29, 1.82) is 0 Å². The van der Waals surface area contributed by atoms with Crippen LogP contribution < -0.4 is 5.56 Å². The van der Waals surface area contributed by atoms with Gasteiger partial charge in [0, 0.05) is 4.88 Å². The van der Waals surface area contributed by atoms with Crippen molar-refractivity contribution in [2.24, 2.45) is 11.3 Å². The third kappa shape index (κ3) is 3.31. The minimum absolute atomic E-state index is 0.110. The van der Waals surface area contributed by atoms with Crippen molar-refractivity contribution in [3.05, 3.63) is 27.1 Å². The van der Waals surface area contributed by atoms with Crippen molar-refractivity contribution in [2.45, 2.75) is 66.3 Å². The van der Waals surface area contributed by atoms with Crippen LogP contribution in [0.4, 0.5) is 0 Å². The number of rotatable bonds is 4. The van der Waals surface area contributed by atoms with E-state index in [1.807, 2.05) is 6.92 Å².